The molecule has 0 fully saturated rings. The van der Waals surface area contributed by atoms with Crippen molar-refractivity contribution < 1.29 is 28.5 Å². The van der Waals surface area contributed by atoms with Gasteiger partial charge in [-0.3, -0.25) is 9.59 Å². The molecule has 1 aromatic rings. The molecule has 0 saturated heterocycles. The second kappa shape index (κ2) is 13.3. The Balaban J connectivity index is 2.28. The van der Waals surface area contributed by atoms with Crippen molar-refractivity contribution in [3.8, 4) is 11.5 Å². The maximum atomic E-state index is 11.4. The number of allylic oxidation sites excluding steroid dienone is 2. The monoisotopic (exact) mass is 392 g/mol. The summed E-state index contributed by atoms with van der Waals surface area (Å²) in [7, 11) is 0. The molecule has 0 amide bonds. The fourth-order valence-corrected chi connectivity index (χ4v) is 2.05. The summed E-state index contributed by atoms with van der Waals surface area (Å²) in [5.74, 6) is 0.708. The summed E-state index contributed by atoms with van der Waals surface area (Å²) in [4.78, 5) is 22.8. The van der Waals surface area contributed by atoms with Crippen molar-refractivity contribution >= 4 is 11.6 Å². The van der Waals surface area contributed by atoms with Gasteiger partial charge in [0.05, 0.1) is 13.2 Å². The Bertz CT molecular complexity index is 633. The van der Waals surface area contributed by atoms with E-state index in [0.29, 0.717) is 22.9 Å². The van der Waals surface area contributed by atoms with Crippen LogP contribution >= 0.6 is 0 Å². The molecule has 0 bridgehead atoms. The van der Waals surface area contributed by atoms with Crippen LogP contribution in [-0.2, 0) is 19.1 Å². The van der Waals surface area contributed by atoms with E-state index in [1.54, 1.807) is 26.0 Å². The SMILES string of the molecule is CC(N)=CC(=O)COCCOc1ccccc1OCCOCC(=O)C=C(C)N. The Morgan fingerprint density at radius 2 is 1.18 bits per heavy atom. The van der Waals surface area contributed by atoms with Gasteiger partial charge < -0.3 is 30.4 Å². The summed E-state index contributed by atoms with van der Waals surface area (Å²) in [5.41, 5.74) is 11.7. The first-order valence-corrected chi connectivity index (χ1v) is 8.82. The molecule has 0 radical (unpaired) electrons. The van der Waals surface area contributed by atoms with Crippen LogP contribution in [0.2, 0.25) is 0 Å². The van der Waals surface area contributed by atoms with Crippen molar-refractivity contribution in [2.24, 2.45) is 11.5 Å². The van der Waals surface area contributed by atoms with Crippen molar-refractivity contribution in [3.05, 3.63) is 47.8 Å². The zero-order valence-electron chi connectivity index (χ0n) is 16.3. The molecule has 0 spiro atoms. The Morgan fingerprint density at radius 3 is 1.54 bits per heavy atom. The molecule has 0 aromatic heterocycles. The van der Waals surface area contributed by atoms with Gasteiger partial charge in [0.25, 0.3) is 0 Å². The van der Waals surface area contributed by atoms with E-state index in [9.17, 15) is 9.59 Å². The maximum absolute atomic E-state index is 11.4. The van der Waals surface area contributed by atoms with Crippen LogP contribution in [0.15, 0.2) is 47.8 Å². The minimum atomic E-state index is -0.195. The van der Waals surface area contributed by atoms with Crippen LogP contribution in [0.4, 0.5) is 0 Å². The first-order valence-electron chi connectivity index (χ1n) is 8.82. The number of ketones is 2. The van der Waals surface area contributed by atoms with E-state index >= 15 is 0 Å². The summed E-state index contributed by atoms with van der Waals surface area (Å²) < 4.78 is 21.7. The van der Waals surface area contributed by atoms with Gasteiger partial charge in [0.2, 0.25) is 0 Å². The van der Waals surface area contributed by atoms with E-state index in [2.05, 4.69) is 0 Å². The van der Waals surface area contributed by atoms with Gasteiger partial charge in [0.15, 0.2) is 23.1 Å². The molecule has 8 nitrogen and oxygen atoms in total. The zero-order chi connectivity index (χ0) is 20.8. The van der Waals surface area contributed by atoms with Gasteiger partial charge in [-0.15, -0.1) is 0 Å². The maximum Gasteiger partial charge on any atom is 0.182 e. The predicted molar refractivity (Wildman–Crippen MR) is 105 cm³/mol. The van der Waals surface area contributed by atoms with Gasteiger partial charge in [-0.2, -0.15) is 0 Å². The smallest absolute Gasteiger partial charge is 0.182 e. The molecule has 154 valence electrons. The summed E-state index contributed by atoms with van der Waals surface area (Å²) >= 11 is 0. The van der Waals surface area contributed by atoms with Gasteiger partial charge in [0.1, 0.15) is 26.4 Å². The van der Waals surface area contributed by atoms with Gasteiger partial charge in [-0.05, 0) is 26.0 Å². The van der Waals surface area contributed by atoms with Crippen molar-refractivity contribution in [1.29, 1.82) is 0 Å². The van der Waals surface area contributed by atoms with Crippen LogP contribution in [0.5, 0.6) is 11.5 Å². The minimum Gasteiger partial charge on any atom is -0.487 e. The molecule has 0 saturated carbocycles. The van der Waals surface area contributed by atoms with Crippen LogP contribution in [-0.4, -0.2) is 51.2 Å². The number of hydrogen-bond acceptors (Lipinski definition) is 8. The Kier molecular flexibility index (Phi) is 11.1. The fraction of sp³-hybridized carbons (Fsp3) is 0.400. The van der Waals surface area contributed by atoms with Crippen molar-refractivity contribution in [3.63, 3.8) is 0 Å². The van der Waals surface area contributed by atoms with E-state index < -0.39 is 0 Å². The molecule has 0 atom stereocenters. The normalized spacial score (nSPS) is 11.9. The summed E-state index contributed by atoms with van der Waals surface area (Å²) in [6.07, 6.45) is 2.65. The summed E-state index contributed by atoms with van der Waals surface area (Å²) in [6.45, 7) is 4.19. The van der Waals surface area contributed by atoms with E-state index in [1.807, 2.05) is 12.1 Å². The standard InChI is InChI=1S/C20H28N2O6/c1-15(21)11-17(23)13-25-7-9-27-19-5-3-4-6-20(19)28-10-8-26-14-18(24)12-16(2)22/h3-6,11-12H,7-10,13-14,21-22H2,1-2H3. The first kappa shape index (κ1) is 23.2. The average molecular weight is 392 g/mol. The number of rotatable bonds is 14. The van der Waals surface area contributed by atoms with Gasteiger partial charge in [0, 0.05) is 23.5 Å². The topological polar surface area (TPSA) is 123 Å². The number of para-hydroxylation sites is 2. The van der Waals surface area contributed by atoms with Crippen LogP contribution < -0.4 is 20.9 Å². The first-order chi connectivity index (χ1) is 13.4. The lowest BCUT2D eigenvalue weighted by Crippen LogP contribution is -2.14. The van der Waals surface area contributed by atoms with Crippen LogP contribution in [0.3, 0.4) is 0 Å². The van der Waals surface area contributed by atoms with Crippen LogP contribution in [0, 0.1) is 0 Å². The lowest BCUT2D eigenvalue weighted by atomic mass is 10.3. The molecule has 0 aliphatic heterocycles. The molecule has 0 aliphatic rings. The molecule has 28 heavy (non-hydrogen) atoms. The summed E-state index contributed by atoms with van der Waals surface area (Å²) in [5, 5.41) is 0. The third-order valence-corrected chi connectivity index (χ3v) is 3.09. The van der Waals surface area contributed by atoms with Crippen molar-refractivity contribution in [1.82, 2.24) is 0 Å². The highest BCUT2D eigenvalue weighted by molar-refractivity contribution is 5.91. The molecule has 1 rings (SSSR count). The fourth-order valence-electron chi connectivity index (χ4n) is 2.05. The second-order valence-electron chi connectivity index (χ2n) is 5.96. The van der Waals surface area contributed by atoms with E-state index in [4.69, 9.17) is 30.4 Å². The Hall–Kier alpha value is -2.84. The highest BCUT2D eigenvalue weighted by Crippen LogP contribution is 2.26. The number of ether oxygens (including phenoxy) is 4. The predicted octanol–water partition coefficient (Wildman–Crippen LogP) is 1.34. The third-order valence-electron chi connectivity index (χ3n) is 3.09. The number of carbonyl (C=O) groups excluding carboxylic acids is 2. The highest BCUT2D eigenvalue weighted by atomic mass is 16.6. The van der Waals surface area contributed by atoms with Gasteiger partial charge in [-0.25, -0.2) is 0 Å². The van der Waals surface area contributed by atoms with Gasteiger partial charge in [-0.1, -0.05) is 12.1 Å². The van der Waals surface area contributed by atoms with E-state index in [0.717, 1.165) is 0 Å². The molecule has 1 aromatic carbocycles. The molecule has 4 N–H and O–H groups in total. The minimum absolute atomic E-state index is 0.0506. The third kappa shape index (κ3) is 11.0. The zero-order valence-corrected chi connectivity index (χ0v) is 16.3. The summed E-state index contributed by atoms with van der Waals surface area (Å²) in [6, 6.07) is 7.16. The van der Waals surface area contributed by atoms with E-state index in [1.165, 1.54) is 12.2 Å². The second-order valence-corrected chi connectivity index (χ2v) is 5.96. The molecular weight excluding hydrogens is 364 g/mol. The molecule has 8 heteroatoms. The molecule has 0 unspecified atom stereocenters. The quantitative estimate of drug-likeness (QED) is 0.359. The number of hydrogen-bond donors (Lipinski definition) is 2. The number of nitrogens with two attached hydrogens (primary N) is 2. The van der Waals surface area contributed by atoms with Crippen LogP contribution in [0.25, 0.3) is 0 Å². The number of benzene rings is 1. The van der Waals surface area contributed by atoms with Crippen molar-refractivity contribution in [2.75, 3.05) is 39.6 Å². The largest absolute Gasteiger partial charge is 0.487 e. The van der Waals surface area contributed by atoms with Crippen LogP contribution in [0.1, 0.15) is 13.8 Å². The average Bonchev–Trinajstić information content (AvgIpc) is 2.61. The molecule has 0 heterocycles. The van der Waals surface area contributed by atoms with Gasteiger partial charge >= 0.3 is 0 Å². The Morgan fingerprint density at radius 1 is 0.786 bits per heavy atom. The molecular formula is C20H28N2O6. The highest BCUT2D eigenvalue weighted by Gasteiger charge is 2.05. The lowest BCUT2D eigenvalue weighted by Gasteiger charge is -2.12. The van der Waals surface area contributed by atoms with Crippen molar-refractivity contribution in [2.45, 2.75) is 13.8 Å². The lowest BCUT2D eigenvalue weighted by molar-refractivity contribution is -0.120. The number of carbonyl (C=O) groups is 2. The Labute approximate surface area is 165 Å². The molecule has 0 aliphatic carbocycles. The van der Waals surface area contributed by atoms with E-state index in [-0.39, 0.29) is 51.2 Å².